The molecule has 1 fully saturated rings. The molecule has 2 heterocycles. The van der Waals surface area contributed by atoms with E-state index in [1.54, 1.807) is 25.1 Å². The smallest absolute Gasteiger partial charge is 0.220 e. The molecule has 0 bridgehead atoms. The number of benzene rings is 1. The maximum atomic E-state index is 13.5. The number of para-hydroxylation sites is 1. The molecule has 0 radical (unpaired) electrons. The molecule has 1 aliphatic rings. The zero-order valence-corrected chi connectivity index (χ0v) is 13.1. The second kappa shape index (κ2) is 6.81. The number of hydrogen-bond donors (Lipinski definition) is 1. The van der Waals surface area contributed by atoms with Crippen molar-refractivity contribution < 1.29 is 13.9 Å². The first-order valence-electron chi connectivity index (χ1n) is 7.84. The summed E-state index contributed by atoms with van der Waals surface area (Å²) in [4.78, 5) is 13.5. The van der Waals surface area contributed by atoms with Gasteiger partial charge in [0, 0.05) is 25.6 Å². The third kappa shape index (κ3) is 3.52. The van der Waals surface area contributed by atoms with Gasteiger partial charge in [0.05, 0.1) is 18.3 Å². The fourth-order valence-electron chi connectivity index (χ4n) is 2.96. The second-order valence-electron chi connectivity index (χ2n) is 5.72. The van der Waals surface area contributed by atoms with E-state index in [0.29, 0.717) is 13.0 Å². The van der Waals surface area contributed by atoms with Gasteiger partial charge in [-0.1, -0.05) is 12.1 Å². The van der Waals surface area contributed by atoms with Crippen LogP contribution in [-0.2, 0) is 11.2 Å². The van der Waals surface area contributed by atoms with E-state index in [2.05, 4.69) is 10.2 Å². The van der Waals surface area contributed by atoms with Crippen LogP contribution in [0, 0.1) is 5.82 Å². The predicted octanol–water partition coefficient (Wildman–Crippen LogP) is 2.85. The van der Waals surface area contributed by atoms with Gasteiger partial charge in [-0.15, -0.1) is 0 Å². The summed E-state index contributed by atoms with van der Waals surface area (Å²) in [6, 6.07) is 8.38. The third-order valence-corrected chi connectivity index (χ3v) is 4.12. The Bertz CT molecular complexity index is 686. The van der Waals surface area contributed by atoms with E-state index in [1.165, 1.54) is 6.07 Å². The summed E-state index contributed by atoms with van der Waals surface area (Å²) in [7, 11) is 0. The first-order chi connectivity index (χ1) is 11.1. The van der Waals surface area contributed by atoms with Crippen LogP contribution in [0.15, 0.2) is 30.3 Å². The number of ether oxygens (including phenoxy) is 1. The number of nitrogens with one attached hydrogen (secondary N) is 1. The summed E-state index contributed by atoms with van der Waals surface area (Å²) < 4.78 is 18.9. The average molecular weight is 317 g/mol. The first-order valence-corrected chi connectivity index (χ1v) is 7.84. The van der Waals surface area contributed by atoms with Gasteiger partial charge in [0.15, 0.2) is 11.6 Å². The molecule has 1 amide bonds. The number of likely N-dealkylation sites (tertiary alicyclic amines) is 1. The van der Waals surface area contributed by atoms with Crippen molar-refractivity contribution in [2.75, 3.05) is 13.2 Å². The molecule has 0 aliphatic carbocycles. The van der Waals surface area contributed by atoms with Crippen molar-refractivity contribution >= 4 is 5.91 Å². The maximum absolute atomic E-state index is 13.5. The molecule has 122 valence electrons. The van der Waals surface area contributed by atoms with E-state index in [1.807, 2.05) is 11.0 Å². The quantitative estimate of drug-likeness (QED) is 0.922. The molecule has 1 atom stereocenters. The van der Waals surface area contributed by atoms with Gasteiger partial charge < -0.3 is 9.64 Å². The van der Waals surface area contributed by atoms with Crippen molar-refractivity contribution in [3.63, 3.8) is 0 Å². The number of amides is 1. The van der Waals surface area contributed by atoms with Crippen LogP contribution < -0.4 is 4.74 Å². The molecule has 6 heteroatoms. The minimum atomic E-state index is -0.360. The molecule has 1 aromatic heterocycles. The summed E-state index contributed by atoms with van der Waals surface area (Å²) in [5.74, 6) is -0.0217. The van der Waals surface area contributed by atoms with Gasteiger partial charge in [0.1, 0.15) is 0 Å². The normalized spacial score (nSPS) is 17.5. The van der Waals surface area contributed by atoms with Crippen LogP contribution >= 0.6 is 0 Å². The minimum Gasteiger partial charge on any atom is -0.490 e. The molecule has 0 unspecified atom stereocenters. The Morgan fingerprint density at radius 2 is 2.30 bits per heavy atom. The lowest BCUT2D eigenvalue weighted by Crippen LogP contribution is -2.28. The standard InChI is InChI=1S/C17H20FN3O2/c1-12(22)21-9-4-6-16(21)15-11-13(19-20-15)8-10-23-17-7-3-2-5-14(17)18/h2-3,5,7,11,16H,4,6,8-10H2,1H3,(H,19,20)/t16-/m1/s1. The molecule has 2 aromatic rings. The Hall–Kier alpha value is -2.37. The number of halogens is 1. The van der Waals surface area contributed by atoms with Crippen LogP contribution in [-0.4, -0.2) is 34.2 Å². The molecule has 1 saturated heterocycles. The van der Waals surface area contributed by atoms with Gasteiger partial charge in [0.25, 0.3) is 0 Å². The van der Waals surface area contributed by atoms with E-state index in [4.69, 9.17) is 4.74 Å². The van der Waals surface area contributed by atoms with Crippen molar-refractivity contribution in [2.45, 2.75) is 32.2 Å². The van der Waals surface area contributed by atoms with Crippen LogP contribution in [0.3, 0.4) is 0 Å². The molecule has 1 aromatic carbocycles. The molecular weight excluding hydrogens is 297 g/mol. The van der Waals surface area contributed by atoms with Gasteiger partial charge in [-0.25, -0.2) is 4.39 Å². The minimum absolute atomic E-state index is 0.0602. The van der Waals surface area contributed by atoms with Gasteiger partial charge in [-0.2, -0.15) is 5.10 Å². The molecule has 1 N–H and O–H groups in total. The Labute approximate surface area is 134 Å². The second-order valence-corrected chi connectivity index (χ2v) is 5.72. The zero-order chi connectivity index (χ0) is 16.2. The van der Waals surface area contributed by atoms with Gasteiger partial charge in [0.2, 0.25) is 5.91 Å². The molecule has 0 spiro atoms. The largest absolute Gasteiger partial charge is 0.490 e. The van der Waals surface area contributed by atoms with Gasteiger partial charge >= 0.3 is 0 Å². The van der Waals surface area contributed by atoms with Crippen LogP contribution in [0.5, 0.6) is 5.75 Å². The third-order valence-electron chi connectivity index (χ3n) is 4.12. The predicted molar refractivity (Wildman–Crippen MR) is 83.5 cm³/mol. The number of aromatic amines is 1. The zero-order valence-electron chi connectivity index (χ0n) is 13.1. The van der Waals surface area contributed by atoms with Gasteiger partial charge in [-0.3, -0.25) is 9.89 Å². The average Bonchev–Trinajstić information content (AvgIpc) is 3.17. The topological polar surface area (TPSA) is 58.2 Å². The van der Waals surface area contributed by atoms with Crippen molar-refractivity contribution in [1.29, 1.82) is 0 Å². The van der Waals surface area contributed by atoms with E-state index >= 15 is 0 Å². The Kier molecular flexibility index (Phi) is 4.60. The summed E-state index contributed by atoms with van der Waals surface area (Å²) in [5, 5.41) is 7.31. The maximum Gasteiger partial charge on any atom is 0.220 e. The van der Waals surface area contributed by atoms with Crippen LogP contribution in [0.25, 0.3) is 0 Å². The summed E-state index contributed by atoms with van der Waals surface area (Å²) in [6.45, 7) is 2.75. The summed E-state index contributed by atoms with van der Waals surface area (Å²) >= 11 is 0. The van der Waals surface area contributed by atoms with Crippen molar-refractivity contribution in [1.82, 2.24) is 15.1 Å². The highest BCUT2D eigenvalue weighted by molar-refractivity contribution is 5.74. The highest BCUT2D eigenvalue weighted by Gasteiger charge is 2.29. The molecule has 5 nitrogen and oxygen atoms in total. The number of nitrogens with zero attached hydrogens (tertiary/aromatic N) is 2. The van der Waals surface area contributed by atoms with Crippen LogP contribution in [0.2, 0.25) is 0 Å². The monoisotopic (exact) mass is 317 g/mol. The number of carbonyl (C=O) groups is 1. The van der Waals surface area contributed by atoms with E-state index < -0.39 is 0 Å². The molecular formula is C17H20FN3O2. The molecule has 1 aliphatic heterocycles. The highest BCUT2D eigenvalue weighted by Crippen LogP contribution is 2.31. The molecule has 23 heavy (non-hydrogen) atoms. The number of rotatable bonds is 5. The fraction of sp³-hybridized carbons (Fsp3) is 0.412. The van der Waals surface area contributed by atoms with Crippen molar-refractivity contribution in [2.24, 2.45) is 0 Å². The Morgan fingerprint density at radius 1 is 1.48 bits per heavy atom. The Morgan fingerprint density at radius 3 is 3.09 bits per heavy atom. The van der Waals surface area contributed by atoms with Crippen molar-refractivity contribution in [3.8, 4) is 5.75 Å². The van der Waals surface area contributed by atoms with Crippen LogP contribution in [0.4, 0.5) is 4.39 Å². The SMILES string of the molecule is CC(=O)N1CCC[C@@H]1c1cc(CCOc2ccccc2F)[nH]n1. The number of H-pyrrole nitrogens is 1. The lowest BCUT2D eigenvalue weighted by Gasteiger charge is -2.21. The highest BCUT2D eigenvalue weighted by atomic mass is 19.1. The van der Waals surface area contributed by atoms with E-state index in [-0.39, 0.29) is 23.5 Å². The Balaban J connectivity index is 1.57. The summed E-state index contributed by atoms with van der Waals surface area (Å²) in [6.07, 6.45) is 2.55. The number of carbonyl (C=O) groups excluding carboxylic acids is 1. The van der Waals surface area contributed by atoms with Crippen molar-refractivity contribution in [3.05, 3.63) is 47.5 Å². The summed E-state index contributed by atoms with van der Waals surface area (Å²) in [5.41, 5.74) is 1.81. The molecule has 3 rings (SSSR count). The van der Waals surface area contributed by atoms with E-state index in [0.717, 1.165) is 30.8 Å². The number of hydrogen-bond acceptors (Lipinski definition) is 3. The lowest BCUT2D eigenvalue weighted by atomic mass is 10.1. The van der Waals surface area contributed by atoms with E-state index in [9.17, 15) is 9.18 Å². The van der Waals surface area contributed by atoms with Crippen LogP contribution in [0.1, 0.15) is 37.2 Å². The first kappa shape index (κ1) is 15.5. The lowest BCUT2D eigenvalue weighted by molar-refractivity contribution is -0.129. The fourth-order valence-corrected chi connectivity index (χ4v) is 2.96. The van der Waals surface area contributed by atoms with Gasteiger partial charge in [-0.05, 0) is 31.0 Å². The molecule has 0 saturated carbocycles. The number of aromatic nitrogens is 2.